The number of halogens is 1. The molecule has 0 aliphatic heterocycles. The minimum Gasteiger partial charge on any atom is -0.383 e. The van der Waals surface area contributed by atoms with Gasteiger partial charge in [0, 0.05) is 19.4 Å². The molecule has 20 heavy (non-hydrogen) atoms. The summed E-state index contributed by atoms with van der Waals surface area (Å²) in [5.74, 6) is 3.29. The SMILES string of the molecule is COCC(CCl)NC(=O)CC12CC3CC(CC(C3)C1)C2. The molecule has 3 nitrogen and oxygen atoms in total. The molecule has 1 unspecified atom stereocenters. The lowest BCUT2D eigenvalue weighted by atomic mass is 9.49. The molecule has 1 amide bonds. The molecule has 4 saturated carbocycles. The fourth-order valence-corrected chi connectivity index (χ4v) is 5.62. The largest absolute Gasteiger partial charge is 0.383 e. The first kappa shape index (κ1) is 14.6. The maximum absolute atomic E-state index is 12.3. The van der Waals surface area contributed by atoms with Crippen molar-refractivity contribution in [3.05, 3.63) is 0 Å². The molecular weight excluding hydrogens is 274 g/mol. The molecule has 0 spiro atoms. The van der Waals surface area contributed by atoms with Crippen molar-refractivity contribution in [3.8, 4) is 0 Å². The van der Waals surface area contributed by atoms with E-state index in [9.17, 15) is 4.79 Å². The van der Waals surface area contributed by atoms with Crippen molar-refractivity contribution in [1.82, 2.24) is 5.32 Å². The average Bonchev–Trinajstić information content (AvgIpc) is 2.35. The highest BCUT2D eigenvalue weighted by Crippen LogP contribution is 2.61. The van der Waals surface area contributed by atoms with Gasteiger partial charge in [0.15, 0.2) is 0 Å². The van der Waals surface area contributed by atoms with E-state index in [-0.39, 0.29) is 11.9 Å². The van der Waals surface area contributed by atoms with Crippen LogP contribution in [-0.4, -0.2) is 31.5 Å². The van der Waals surface area contributed by atoms with Gasteiger partial charge in [-0.25, -0.2) is 0 Å². The van der Waals surface area contributed by atoms with E-state index in [1.807, 2.05) is 0 Å². The van der Waals surface area contributed by atoms with Gasteiger partial charge in [-0.15, -0.1) is 11.6 Å². The molecule has 4 heteroatoms. The van der Waals surface area contributed by atoms with Crippen molar-refractivity contribution in [2.24, 2.45) is 23.2 Å². The summed E-state index contributed by atoms with van der Waals surface area (Å²) >= 11 is 5.87. The first-order valence-corrected chi connectivity index (χ1v) is 8.50. The van der Waals surface area contributed by atoms with Crippen LogP contribution in [0.25, 0.3) is 0 Å². The van der Waals surface area contributed by atoms with Crippen molar-refractivity contribution >= 4 is 17.5 Å². The summed E-state index contributed by atoms with van der Waals surface area (Å²) in [5, 5.41) is 3.05. The van der Waals surface area contributed by atoms with Gasteiger partial charge < -0.3 is 10.1 Å². The third kappa shape index (κ3) is 2.99. The van der Waals surface area contributed by atoms with E-state index in [1.54, 1.807) is 7.11 Å². The van der Waals surface area contributed by atoms with E-state index in [2.05, 4.69) is 5.32 Å². The van der Waals surface area contributed by atoms with Gasteiger partial charge in [0.1, 0.15) is 0 Å². The molecule has 0 heterocycles. The van der Waals surface area contributed by atoms with Crippen LogP contribution >= 0.6 is 11.6 Å². The van der Waals surface area contributed by atoms with E-state index in [4.69, 9.17) is 16.3 Å². The Morgan fingerprint density at radius 1 is 1.25 bits per heavy atom. The monoisotopic (exact) mass is 299 g/mol. The first-order chi connectivity index (χ1) is 9.62. The van der Waals surface area contributed by atoms with Crippen LogP contribution in [0.15, 0.2) is 0 Å². The Morgan fingerprint density at radius 3 is 2.25 bits per heavy atom. The van der Waals surface area contributed by atoms with Gasteiger partial charge in [-0.3, -0.25) is 4.79 Å². The van der Waals surface area contributed by atoms with Gasteiger partial charge in [0.2, 0.25) is 5.91 Å². The van der Waals surface area contributed by atoms with Crippen LogP contribution in [0.3, 0.4) is 0 Å². The molecule has 4 aliphatic carbocycles. The normalized spacial score (nSPS) is 39.8. The van der Waals surface area contributed by atoms with Crippen LogP contribution in [0.5, 0.6) is 0 Å². The molecule has 0 aromatic carbocycles. The average molecular weight is 300 g/mol. The molecule has 4 fully saturated rings. The number of rotatable bonds is 6. The number of carbonyl (C=O) groups excluding carboxylic acids is 1. The van der Waals surface area contributed by atoms with Crippen LogP contribution in [0.4, 0.5) is 0 Å². The second-order valence-corrected chi connectivity index (χ2v) is 7.78. The highest BCUT2D eigenvalue weighted by molar-refractivity contribution is 6.18. The van der Waals surface area contributed by atoms with Crippen molar-refractivity contribution < 1.29 is 9.53 Å². The number of carbonyl (C=O) groups is 1. The lowest BCUT2D eigenvalue weighted by Gasteiger charge is -2.56. The molecule has 4 bridgehead atoms. The predicted molar refractivity (Wildman–Crippen MR) is 79.7 cm³/mol. The summed E-state index contributed by atoms with van der Waals surface area (Å²) in [5.41, 5.74) is 0.308. The summed E-state index contributed by atoms with van der Waals surface area (Å²) in [6.07, 6.45) is 8.82. The van der Waals surface area contributed by atoms with Gasteiger partial charge in [-0.1, -0.05) is 0 Å². The third-order valence-corrected chi connectivity index (χ3v) is 5.99. The fourth-order valence-electron chi connectivity index (χ4n) is 5.45. The van der Waals surface area contributed by atoms with Crippen LogP contribution in [-0.2, 0) is 9.53 Å². The minimum atomic E-state index is -0.0527. The molecule has 0 saturated heterocycles. The molecule has 1 atom stereocenters. The zero-order chi connectivity index (χ0) is 14.2. The van der Waals surface area contributed by atoms with Crippen LogP contribution < -0.4 is 5.32 Å². The van der Waals surface area contributed by atoms with E-state index < -0.39 is 0 Å². The molecule has 4 aliphatic rings. The number of hydrogen-bond donors (Lipinski definition) is 1. The summed E-state index contributed by atoms with van der Waals surface area (Å²) in [4.78, 5) is 12.3. The van der Waals surface area contributed by atoms with Crippen LogP contribution in [0.2, 0.25) is 0 Å². The topological polar surface area (TPSA) is 38.3 Å². The number of ether oxygens (including phenoxy) is 1. The third-order valence-electron chi connectivity index (χ3n) is 5.62. The fraction of sp³-hybridized carbons (Fsp3) is 0.938. The Labute approximate surface area is 126 Å². The number of methoxy groups -OCH3 is 1. The number of nitrogens with one attached hydrogen (secondary N) is 1. The van der Waals surface area contributed by atoms with Gasteiger partial charge >= 0.3 is 0 Å². The second kappa shape index (κ2) is 5.84. The Balaban J connectivity index is 1.58. The van der Waals surface area contributed by atoms with E-state index in [0.717, 1.165) is 17.8 Å². The lowest BCUT2D eigenvalue weighted by molar-refractivity contribution is -0.130. The van der Waals surface area contributed by atoms with Crippen molar-refractivity contribution in [2.75, 3.05) is 19.6 Å². The molecule has 0 radical (unpaired) electrons. The zero-order valence-corrected chi connectivity index (χ0v) is 13.1. The number of hydrogen-bond acceptors (Lipinski definition) is 2. The van der Waals surface area contributed by atoms with Gasteiger partial charge in [0.25, 0.3) is 0 Å². The number of alkyl halides is 1. The second-order valence-electron chi connectivity index (χ2n) is 7.47. The molecule has 114 valence electrons. The first-order valence-electron chi connectivity index (χ1n) is 7.97. The van der Waals surface area contributed by atoms with Crippen LogP contribution in [0, 0.1) is 23.2 Å². The van der Waals surface area contributed by atoms with E-state index in [0.29, 0.717) is 24.3 Å². The Kier molecular flexibility index (Phi) is 4.28. The Hall–Kier alpha value is -0.280. The molecule has 0 aromatic heterocycles. The predicted octanol–water partition coefficient (Wildman–Crippen LogP) is 2.96. The van der Waals surface area contributed by atoms with Crippen molar-refractivity contribution in [1.29, 1.82) is 0 Å². The summed E-state index contributed by atoms with van der Waals surface area (Å²) in [6, 6.07) is -0.0527. The number of amides is 1. The highest BCUT2D eigenvalue weighted by atomic mass is 35.5. The Bertz CT molecular complexity index is 336. The van der Waals surface area contributed by atoms with Crippen molar-refractivity contribution in [3.63, 3.8) is 0 Å². The summed E-state index contributed by atoms with van der Waals surface area (Å²) in [7, 11) is 1.64. The van der Waals surface area contributed by atoms with Gasteiger partial charge in [0.05, 0.1) is 12.6 Å². The molecule has 1 N–H and O–H groups in total. The molecular formula is C16H26ClNO2. The molecule has 0 aromatic rings. The Morgan fingerprint density at radius 2 is 1.80 bits per heavy atom. The standard InChI is InChI=1S/C16H26ClNO2/c1-20-10-14(9-17)18-15(19)8-16-5-11-2-12(6-16)4-13(3-11)7-16/h11-14H,2-10H2,1H3,(H,18,19). The van der Waals surface area contributed by atoms with Gasteiger partial charge in [-0.2, -0.15) is 0 Å². The maximum atomic E-state index is 12.3. The summed E-state index contributed by atoms with van der Waals surface area (Å²) < 4.78 is 5.09. The minimum absolute atomic E-state index is 0.0527. The summed E-state index contributed by atoms with van der Waals surface area (Å²) in [6.45, 7) is 0.496. The van der Waals surface area contributed by atoms with E-state index in [1.165, 1.54) is 38.5 Å². The maximum Gasteiger partial charge on any atom is 0.220 e. The highest BCUT2D eigenvalue weighted by Gasteiger charge is 2.51. The van der Waals surface area contributed by atoms with Crippen molar-refractivity contribution in [2.45, 2.75) is 51.0 Å². The van der Waals surface area contributed by atoms with Crippen LogP contribution in [0.1, 0.15) is 44.9 Å². The van der Waals surface area contributed by atoms with Gasteiger partial charge in [-0.05, 0) is 61.7 Å². The molecule has 4 rings (SSSR count). The lowest BCUT2D eigenvalue weighted by Crippen LogP contribution is -2.49. The quantitative estimate of drug-likeness (QED) is 0.766. The smallest absolute Gasteiger partial charge is 0.220 e. The van der Waals surface area contributed by atoms with E-state index >= 15 is 0 Å². The zero-order valence-electron chi connectivity index (χ0n) is 12.4.